The summed E-state index contributed by atoms with van der Waals surface area (Å²) < 4.78 is 5.43. The first-order valence-corrected chi connectivity index (χ1v) is 10.2. The molecule has 5 rings (SSSR count). The number of rotatable bonds is 3. The van der Waals surface area contributed by atoms with E-state index in [4.69, 9.17) is 19.7 Å². The van der Waals surface area contributed by atoms with E-state index in [1.165, 1.54) is 0 Å². The first-order chi connectivity index (χ1) is 14.3. The fraction of sp³-hybridized carbons (Fsp3) is 0.429. The molecule has 150 valence electrons. The maximum atomic E-state index is 5.43. The molecule has 0 atom stereocenters. The second-order valence-corrected chi connectivity index (χ2v) is 7.41. The number of anilines is 3. The third-order valence-corrected chi connectivity index (χ3v) is 5.55. The highest BCUT2D eigenvalue weighted by atomic mass is 16.5. The molecule has 0 unspecified atom stereocenters. The van der Waals surface area contributed by atoms with E-state index in [1.54, 1.807) is 0 Å². The van der Waals surface area contributed by atoms with Gasteiger partial charge in [0.05, 0.1) is 29.9 Å². The van der Waals surface area contributed by atoms with Crippen LogP contribution in [0.25, 0.3) is 11.0 Å². The van der Waals surface area contributed by atoms with Gasteiger partial charge in [0.15, 0.2) is 5.82 Å². The standard InChI is InChI=1S/C21H25N7O/c1-16-20(24-18-5-3-2-4-17(18)23-16)27-10-8-26(9-11-27)19-6-7-22-21(25-19)28-12-14-29-15-13-28/h2-7H,8-15H2,1H3. The number of para-hydroxylation sites is 2. The predicted molar refractivity (Wildman–Crippen MR) is 114 cm³/mol. The summed E-state index contributed by atoms with van der Waals surface area (Å²) in [6, 6.07) is 10.0. The Hall–Kier alpha value is -3.00. The van der Waals surface area contributed by atoms with Crippen LogP contribution in [-0.4, -0.2) is 72.4 Å². The zero-order valence-electron chi connectivity index (χ0n) is 16.7. The molecule has 0 amide bonds. The highest BCUT2D eigenvalue weighted by molar-refractivity contribution is 5.76. The van der Waals surface area contributed by atoms with Crippen LogP contribution in [0.1, 0.15) is 5.69 Å². The van der Waals surface area contributed by atoms with E-state index in [2.05, 4.69) is 19.7 Å². The molecule has 0 aliphatic carbocycles. The number of aromatic nitrogens is 4. The zero-order chi connectivity index (χ0) is 19.6. The van der Waals surface area contributed by atoms with Gasteiger partial charge in [0, 0.05) is 45.5 Å². The zero-order valence-corrected chi connectivity index (χ0v) is 16.7. The number of aryl methyl sites for hydroxylation is 1. The van der Waals surface area contributed by atoms with Crippen molar-refractivity contribution < 1.29 is 4.74 Å². The number of ether oxygens (including phenoxy) is 1. The van der Waals surface area contributed by atoms with Crippen LogP contribution in [0, 0.1) is 6.92 Å². The van der Waals surface area contributed by atoms with E-state index >= 15 is 0 Å². The summed E-state index contributed by atoms with van der Waals surface area (Å²) in [4.78, 5) is 25.7. The lowest BCUT2D eigenvalue weighted by Gasteiger charge is -2.36. The molecule has 0 radical (unpaired) electrons. The minimum absolute atomic E-state index is 0.735. The van der Waals surface area contributed by atoms with Crippen molar-refractivity contribution in [1.29, 1.82) is 0 Å². The summed E-state index contributed by atoms with van der Waals surface area (Å²) in [6.07, 6.45) is 1.86. The van der Waals surface area contributed by atoms with Gasteiger partial charge < -0.3 is 19.4 Å². The monoisotopic (exact) mass is 391 g/mol. The molecule has 8 heteroatoms. The van der Waals surface area contributed by atoms with E-state index in [0.717, 1.165) is 86.8 Å². The van der Waals surface area contributed by atoms with Gasteiger partial charge in [-0.3, -0.25) is 0 Å². The van der Waals surface area contributed by atoms with Crippen molar-refractivity contribution in [1.82, 2.24) is 19.9 Å². The van der Waals surface area contributed by atoms with Gasteiger partial charge in [0.1, 0.15) is 5.82 Å². The van der Waals surface area contributed by atoms with Gasteiger partial charge in [-0.15, -0.1) is 0 Å². The average Bonchev–Trinajstić information content (AvgIpc) is 2.79. The van der Waals surface area contributed by atoms with Crippen molar-refractivity contribution >= 4 is 28.6 Å². The topological polar surface area (TPSA) is 70.5 Å². The number of morpholine rings is 1. The normalized spacial score (nSPS) is 17.8. The lowest BCUT2D eigenvalue weighted by molar-refractivity contribution is 0.122. The molecule has 0 bridgehead atoms. The number of hydrogen-bond acceptors (Lipinski definition) is 8. The molecule has 29 heavy (non-hydrogen) atoms. The molecular weight excluding hydrogens is 366 g/mol. The molecule has 2 fully saturated rings. The average molecular weight is 391 g/mol. The number of fused-ring (bicyclic) bond motifs is 1. The molecule has 3 aromatic rings. The Labute approximate surface area is 170 Å². The summed E-state index contributed by atoms with van der Waals surface area (Å²) in [5.74, 6) is 2.77. The molecule has 0 saturated carbocycles. The molecular formula is C21H25N7O. The maximum absolute atomic E-state index is 5.43. The largest absolute Gasteiger partial charge is 0.378 e. The van der Waals surface area contributed by atoms with E-state index in [0.29, 0.717) is 0 Å². The van der Waals surface area contributed by atoms with Gasteiger partial charge in [0.25, 0.3) is 0 Å². The quantitative estimate of drug-likeness (QED) is 0.670. The van der Waals surface area contributed by atoms with Crippen molar-refractivity contribution in [2.75, 3.05) is 67.2 Å². The van der Waals surface area contributed by atoms with Crippen LogP contribution in [0.15, 0.2) is 36.5 Å². The lowest BCUT2D eigenvalue weighted by atomic mass is 10.2. The maximum Gasteiger partial charge on any atom is 0.227 e. The van der Waals surface area contributed by atoms with Crippen LogP contribution in [0.2, 0.25) is 0 Å². The molecule has 8 nitrogen and oxygen atoms in total. The van der Waals surface area contributed by atoms with Gasteiger partial charge in [0.2, 0.25) is 5.95 Å². The van der Waals surface area contributed by atoms with Crippen molar-refractivity contribution in [3.05, 3.63) is 42.2 Å². The van der Waals surface area contributed by atoms with Crippen LogP contribution in [0.3, 0.4) is 0 Å². The minimum atomic E-state index is 0.735. The third-order valence-electron chi connectivity index (χ3n) is 5.55. The van der Waals surface area contributed by atoms with Gasteiger partial charge in [-0.2, -0.15) is 4.98 Å². The van der Waals surface area contributed by atoms with Crippen LogP contribution in [0.4, 0.5) is 17.6 Å². The first-order valence-electron chi connectivity index (χ1n) is 10.2. The van der Waals surface area contributed by atoms with Crippen molar-refractivity contribution in [3.63, 3.8) is 0 Å². The van der Waals surface area contributed by atoms with Gasteiger partial charge in [-0.25, -0.2) is 15.0 Å². The van der Waals surface area contributed by atoms with Crippen molar-refractivity contribution in [2.45, 2.75) is 6.92 Å². The van der Waals surface area contributed by atoms with Crippen LogP contribution in [-0.2, 0) is 4.74 Å². The van der Waals surface area contributed by atoms with E-state index < -0.39 is 0 Å². The molecule has 4 heterocycles. The molecule has 0 N–H and O–H groups in total. The SMILES string of the molecule is Cc1nc2ccccc2nc1N1CCN(c2ccnc(N3CCOCC3)n2)CC1. The summed E-state index contributed by atoms with van der Waals surface area (Å²) in [7, 11) is 0. The molecule has 0 spiro atoms. The third kappa shape index (κ3) is 3.67. The highest BCUT2D eigenvalue weighted by Crippen LogP contribution is 2.23. The number of benzene rings is 1. The van der Waals surface area contributed by atoms with E-state index in [9.17, 15) is 0 Å². The smallest absolute Gasteiger partial charge is 0.227 e. The summed E-state index contributed by atoms with van der Waals surface area (Å²) in [6.45, 7) is 8.78. The summed E-state index contributed by atoms with van der Waals surface area (Å²) in [5.41, 5.74) is 2.87. The molecule has 2 saturated heterocycles. The predicted octanol–water partition coefficient (Wildman–Crippen LogP) is 1.89. The molecule has 1 aromatic carbocycles. The van der Waals surface area contributed by atoms with E-state index in [1.807, 2.05) is 43.5 Å². The van der Waals surface area contributed by atoms with Gasteiger partial charge >= 0.3 is 0 Å². The van der Waals surface area contributed by atoms with Crippen LogP contribution < -0.4 is 14.7 Å². The van der Waals surface area contributed by atoms with Gasteiger partial charge in [-0.05, 0) is 25.1 Å². The Balaban J connectivity index is 1.30. The number of hydrogen-bond donors (Lipinski definition) is 0. The van der Waals surface area contributed by atoms with Gasteiger partial charge in [-0.1, -0.05) is 12.1 Å². The Kier molecular flexibility index (Phi) is 4.85. The number of nitrogens with zero attached hydrogens (tertiary/aromatic N) is 7. The molecule has 2 aliphatic heterocycles. The summed E-state index contributed by atoms with van der Waals surface area (Å²) >= 11 is 0. The first kappa shape index (κ1) is 18.1. The fourth-order valence-electron chi connectivity index (χ4n) is 3.96. The van der Waals surface area contributed by atoms with Crippen LogP contribution >= 0.6 is 0 Å². The Morgan fingerprint density at radius 3 is 2.21 bits per heavy atom. The lowest BCUT2D eigenvalue weighted by Crippen LogP contribution is -2.47. The molecule has 2 aromatic heterocycles. The second-order valence-electron chi connectivity index (χ2n) is 7.41. The van der Waals surface area contributed by atoms with Crippen molar-refractivity contribution in [3.8, 4) is 0 Å². The second kappa shape index (κ2) is 7.79. The Bertz CT molecular complexity index is 997. The summed E-state index contributed by atoms with van der Waals surface area (Å²) in [5, 5.41) is 0. The Morgan fingerprint density at radius 1 is 0.759 bits per heavy atom. The molecule has 2 aliphatic rings. The minimum Gasteiger partial charge on any atom is -0.378 e. The Morgan fingerprint density at radius 2 is 1.45 bits per heavy atom. The fourth-order valence-corrected chi connectivity index (χ4v) is 3.96. The van der Waals surface area contributed by atoms with Crippen molar-refractivity contribution in [2.24, 2.45) is 0 Å². The van der Waals surface area contributed by atoms with Crippen LogP contribution in [0.5, 0.6) is 0 Å². The van der Waals surface area contributed by atoms with E-state index in [-0.39, 0.29) is 0 Å². The highest BCUT2D eigenvalue weighted by Gasteiger charge is 2.22. The number of piperazine rings is 1.